The zero-order valence-electron chi connectivity index (χ0n) is 10.5. The lowest BCUT2D eigenvalue weighted by molar-refractivity contribution is 0.0920. The lowest BCUT2D eigenvalue weighted by Crippen LogP contribution is -2.55. The SMILES string of the molecule is N/C(=N/O)C1(NC(=O)c2ccccc2O)CCCC1. The van der Waals surface area contributed by atoms with Crippen LogP contribution < -0.4 is 11.1 Å². The van der Waals surface area contributed by atoms with Gasteiger partial charge in [-0.15, -0.1) is 0 Å². The first-order chi connectivity index (χ1) is 9.09. The number of para-hydroxylation sites is 1. The van der Waals surface area contributed by atoms with Gasteiger partial charge in [0, 0.05) is 0 Å². The Bertz CT molecular complexity index is 508. The average molecular weight is 263 g/mol. The molecule has 2 rings (SSSR count). The molecule has 1 aromatic rings. The van der Waals surface area contributed by atoms with Gasteiger partial charge in [-0.25, -0.2) is 0 Å². The molecule has 0 atom stereocenters. The molecule has 5 N–H and O–H groups in total. The molecule has 1 aromatic carbocycles. The predicted octanol–water partition coefficient (Wildman–Crippen LogP) is 1.18. The summed E-state index contributed by atoms with van der Waals surface area (Å²) < 4.78 is 0. The molecule has 1 aliphatic rings. The van der Waals surface area contributed by atoms with E-state index in [4.69, 9.17) is 10.9 Å². The first kappa shape index (κ1) is 13.2. The standard InChI is InChI=1S/C13H17N3O3/c14-12(16-19)13(7-3-4-8-13)15-11(18)9-5-1-2-6-10(9)17/h1-2,5-6,17,19H,3-4,7-8H2,(H2,14,16)(H,15,18). The fourth-order valence-electron chi connectivity index (χ4n) is 2.47. The van der Waals surface area contributed by atoms with E-state index in [2.05, 4.69) is 10.5 Å². The van der Waals surface area contributed by atoms with Gasteiger partial charge in [-0.05, 0) is 25.0 Å². The maximum absolute atomic E-state index is 12.2. The second kappa shape index (κ2) is 5.17. The molecule has 102 valence electrons. The van der Waals surface area contributed by atoms with Gasteiger partial charge in [0.15, 0.2) is 5.84 Å². The summed E-state index contributed by atoms with van der Waals surface area (Å²) in [5, 5.41) is 24.3. The van der Waals surface area contributed by atoms with Crippen LogP contribution in [-0.4, -0.2) is 27.6 Å². The van der Waals surface area contributed by atoms with Crippen LogP contribution in [0.2, 0.25) is 0 Å². The van der Waals surface area contributed by atoms with Crippen LogP contribution in [0.15, 0.2) is 29.4 Å². The van der Waals surface area contributed by atoms with Crippen molar-refractivity contribution in [2.45, 2.75) is 31.2 Å². The summed E-state index contributed by atoms with van der Waals surface area (Å²) in [5.41, 5.74) is 5.07. The highest BCUT2D eigenvalue weighted by molar-refractivity contribution is 6.01. The summed E-state index contributed by atoms with van der Waals surface area (Å²) in [6.07, 6.45) is 3.05. The normalized spacial score (nSPS) is 18.2. The summed E-state index contributed by atoms with van der Waals surface area (Å²) in [7, 11) is 0. The molecule has 6 nitrogen and oxygen atoms in total. The van der Waals surface area contributed by atoms with Crippen molar-refractivity contribution in [2.24, 2.45) is 10.9 Å². The maximum Gasteiger partial charge on any atom is 0.255 e. The first-order valence-electron chi connectivity index (χ1n) is 6.17. The van der Waals surface area contributed by atoms with Gasteiger partial charge in [-0.2, -0.15) is 0 Å². The van der Waals surface area contributed by atoms with Gasteiger partial charge in [-0.3, -0.25) is 4.79 Å². The summed E-state index contributed by atoms with van der Waals surface area (Å²) >= 11 is 0. The Morgan fingerprint density at radius 1 is 1.32 bits per heavy atom. The Morgan fingerprint density at radius 3 is 2.53 bits per heavy atom. The molecular formula is C13H17N3O3. The molecule has 0 radical (unpaired) electrons. The van der Waals surface area contributed by atoms with Gasteiger partial charge in [0.05, 0.1) is 5.56 Å². The van der Waals surface area contributed by atoms with Gasteiger partial charge in [0.2, 0.25) is 0 Å². The van der Waals surface area contributed by atoms with E-state index in [9.17, 15) is 9.90 Å². The van der Waals surface area contributed by atoms with Crippen LogP contribution in [0.1, 0.15) is 36.0 Å². The van der Waals surface area contributed by atoms with Crippen LogP contribution in [0.25, 0.3) is 0 Å². The topological polar surface area (TPSA) is 108 Å². The Labute approximate surface area is 110 Å². The molecule has 1 aliphatic carbocycles. The van der Waals surface area contributed by atoms with Crippen molar-refractivity contribution < 1.29 is 15.1 Å². The van der Waals surface area contributed by atoms with E-state index in [0.717, 1.165) is 12.8 Å². The van der Waals surface area contributed by atoms with Gasteiger partial charge in [0.1, 0.15) is 11.3 Å². The number of hydrogen-bond acceptors (Lipinski definition) is 4. The van der Waals surface area contributed by atoms with Crippen LogP contribution >= 0.6 is 0 Å². The van der Waals surface area contributed by atoms with Gasteiger partial charge >= 0.3 is 0 Å². The number of phenolic OH excluding ortho intramolecular Hbond substituents is 1. The second-order valence-corrected chi connectivity index (χ2v) is 4.75. The highest BCUT2D eigenvalue weighted by Gasteiger charge is 2.40. The van der Waals surface area contributed by atoms with Crippen LogP contribution in [0, 0.1) is 0 Å². The molecule has 0 saturated heterocycles. The van der Waals surface area contributed by atoms with Crippen molar-refractivity contribution in [3.63, 3.8) is 0 Å². The first-order valence-corrected chi connectivity index (χ1v) is 6.17. The zero-order chi connectivity index (χ0) is 13.9. The number of amides is 1. The third-order valence-corrected chi connectivity index (χ3v) is 3.56. The van der Waals surface area contributed by atoms with E-state index >= 15 is 0 Å². The Hall–Kier alpha value is -2.24. The number of amidine groups is 1. The number of aromatic hydroxyl groups is 1. The number of carbonyl (C=O) groups is 1. The predicted molar refractivity (Wildman–Crippen MR) is 70.2 cm³/mol. The molecule has 0 unspecified atom stereocenters. The minimum atomic E-state index is -0.811. The fraction of sp³-hybridized carbons (Fsp3) is 0.385. The van der Waals surface area contributed by atoms with Crippen LogP contribution in [0.5, 0.6) is 5.75 Å². The van der Waals surface area contributed by atoms with Crippen molar-refractivity contribution in [2.75, 3.05) is 0 Å². The highest BCUT2D eigenvalue weighted by atomic mass is 16.4. The molecule has 0 aliphatic heterocycles. The number of oxime groups is 1. The smallest absolute Gasteiger partial charge is 0.255 e. The van der Waals surface area contributed by atoms with E-state index in [0.29, 0.717) is 12.8 Å². The molecule has 0 spiro atoms. The Balaban J connectivity index is 2.24. The van der Waals surface area contributed by atoms with Gasteiger partial charge in [0.25, 0.3) is 5.91 Å². The third kappa shape index (κ3) is 2.47. The largest absolute Gasteiger partial charge is 0.507 e. The van der Waals surface area contributed by atoms with Crippen LogP contribution in [0.4, 0.5) is 0 Å². The molecule has 0 heterocycles. The lowest BCUT2D eigenvalue weighted by Gasteiger charge is -2.28. The number of rotatable bonds is 3. The summed E-state index contributed by atoms with van der Waals surface area (Å²) in [6, 6.07) is 6.28. The maximum atomic E-state index is 12.2. The van der Waals surface area contributed by atoms with E-state index in [1.165, 1.54) is 12.1 Å². The van der Waals surface area contributed by atoms with Crippen molar-refractivity contribution in [3.8, 4) is 5.75 Å². The number of nitrogens with zero attached hydrogens (tertiary/aromatic N) is 1. The molecule has 1 saturated carbocycles. The van der Waals surface area contributed by atoms with Gasteiger partial charge in [-0.1, -0.05) is 30.1 Å². The number of nitrogens with two attached hydrogens (primary N) is 1. The van der Waals surface area contributed by atoms with Gasteiger partial charge < -0.3 is 21.4 Å². The van der Waals surface area contributed by atoms with E-state index in [-0.39, 0.29) is 17.1 Å². The highest BCUT2D eigenvalue weighted by Crippen LogP contribution is 2.30. The number of carbonyl (C=O) groups excluding carboxylic acids is 1. The van der Waals surface area contributed by atoms with E-state index in [1.807, 2.05) is 0 Å². The summed E-state index contributed by atoms with van der Waals surface area (Å²) in [4.78, 5) is 12.2. The zero-order valence-corrected chi connectivity index (χ0v) is 10.5. The van der Waals surface area contributed by atoms with Crippen LogP contribution in [0.3, 0.4) is 0 Å². The van der Waals surface area contributed by atoms with Crippen molar-refractivity contribution in [3.05, 3.63) is 29.8 Å². The molecule has 19 heavy (non-hydrogen) atoms. The number of hydrogen-bond donors (Lipinski definition) is 4. The van der Waals surface area contributed by atoms with Crippen molar-refractivity contribution in [1.82, 2.24) is 5.32 Å². The number of phenols is 1. The Morgan fingerprint density at radius 2 is 1.95 bits per heavy atom. The van der Waals surface area contributed by atoms with Crippen molar-refractivity contribution in [1.29, 1.82) is 0 Å². The van der Waals surface area contributed by atoms with Crippen LogP contribution in [-0.2, 0) is 0 Å². The molecule has 0 aromatic heterocycles. The monoisotopic (exact) mass is 263 g/mol. The quantitative estimate of drug-likeness (QED) is 0.284. The van der Waals surface area contributed by atoms with E-state index in [1.54, 1.807) is 12.1 Å². The number of benzene rings is 1. The minimum absolute atomic E-state index is 0.00812. The van der Waals surface area contributed by atoms with Crippen molar-refractivity contribution >= 4 is 11.7 Å². The lowest BCUT2D eigenvalue weighted by atomic mass is 9.95. The van der Waals surface area contributed by atoms with E-state index < -0.39 is 11.4 Å². The molecule has 0 bridgehead atoms. The third-order valence-electron chi connectivity index (χ3n) is 3.56. The molecule has 6 heteroatoms. The fourth-order valence-corrected chi connectivity index (χ4v) is 2.47. The average Bonchev–Trinajstić information content (AvgIpc) is 2.88. The summed E-state index contributed by atoms with van der Waals surface area (Å²) in [5.74, 6) is -0.506. The Kier molecular flexibility index (Phi) is 3.59. The molecule has 1 amide bonds. The minimum Gasteiger partial charge on any atom is -0.507 e. The summed E-state index contributed by atoms with van der Waals surface area (Å²) in [6.45, 7) is 0. The molecular weight excluding hydrogens is 246 g/mol. The number of nitrogens with one attached hydrogen (secondary N) is 1. The second-order valence-electron chi connectivity index (χ2n) is 4.75. The molecule has 1 fully saturated rings.